The van der Waals surface area contributed by atoms with E-state index in [0.29, 0.717) is 17.1 Å². The summed E-state index contributed by atoms with van der Waals surface area (Å²) in [5.41, 5.74) is 3.17. The number of hydrogen-bond acceptors (Lipinski definition) is 4. The van der Waals surface area contributed by atoms with Gasteiger partial charge in [-0.1, -0.05) is 42.0 Å². The Hall–Kier alpha value is -2.93. The Bertz CT molecular complexity index is 964. The van der Waals surface area contributed by atoms with Gasteiger partial charge in [-0.3, -0.25) is 14.5 Å². The molecule has 1 amide bonds. The maximum Gasteiger partial charge on any atom is 0.240 e. The molecular formula is C20H23N5OS. The van der Waals surface area contributed by atoms with Crippen LogP contribution < -0.4 is 10.2 Å². The second-order valence-corrected chi connectivity index (χ2v) is 6.80. The van der Waals surface area contributed by atoms with Gasteiger partial charge in [-0.25, -0.2) is 0 Å². The van der Waals surface area contributed by atoms with Crippen molar-refractivity contribution < 1.29 is 4.79 Å². The third kappa shape index (κ3) is 4.83. The first-order chi connectivity index (χ1) is 13.0. The van der Waals surface area contributed by atoms with E-state index in [9.17, 15) is 4.79 Å². The molecule has 0 saturated heterocycles. The van der Waals surface area contributed by atoms with E-state index in [4.69, 9.17) is 12.2 Å². The monoisotopic (exact) mass is 381 g/mol. The van der Waals surface area contributed by atoms with Crippen molar-refractivity contribution >= 4 is 23.8 Å². The molecule has 1 aromatic heterocycles. The smallest absolute Gasteiger partial charge is 0.240 e. The number of hydrogen-bond donors (Lipinski definition) is 2. The molecular weight excluding hydrogens is 358 g/mol. The van der Waals surface area contributed by atoms with E-state index in [1.54, 1.807) is 4.57 Å². The molecule has 0 spiro atoms. The summed E-state index contributed by atoms with van der Waals surface area (Å²) < 4.78 is 2.16. The van der Waals surface area contributed by atoms with Crippen molar-refractivity contribution in [2.75, 3.05) is 25.0 Å². The molecule has 3 rings (SSSR count). The summed E-state index contributed by atoms with van der Waals surface area (Å²) in [7, 11) is 2.00. The maximum absolute atomic E-state index is 12.4. The summed E-state index contributed by atoms with van der Waals surface area (Å²) in [5, 5.41) is 10.0. The zero-order valence-electron chi connectivity index (χ0n) is 15.5. The fraction of sp³-hybridized carbons (Fsp3) is 0.250. The number of para-hydroxylation sites is 1. The number of carbonyl (C=O) groups excluding carboxylic acids is 1. The molecule has 0 saturated carbocycles. The Kier molecular flexibility index (Phi) is 6.03. The summed E-state index contributed by atoms with van der Waals surface area (Å²) in [4.78, 5) is 14.5. The predicted molar refractivity (Wildman–Crippen MR) is 110 cm³/mol. The van der Waals surface area contributed by atoms with Crippen molar-refractivity contribution in [2.45, 2.75) is 13.5 Å². The van der Waals surface area contributed by atoms with E-state index in [1.807, 2.05) is 68.6 Å². The normalized spacial score (nSPS) is 10.6. The minimum absolute atomic E-state index is 0.0946. The highest BCUT2D eigenvalue weighted by Crippen LogP contribution is 2.18. The first-order valence-corrected chi connectivity index (χ1v) is 9.20. The average Bonchev–Trinajstić information content (AvgIpc) is 3.03. The van der Waals surface area contributed by atoms with Gasteiger partial charge in [0, 0.05) is 31.4 Å². The van der Waals surface area contributed by atoms with Gasteiger partial charge in [0.05, 0.1) is 0 Å². The lowest BCUT2D eigenvalue weighted by atomic mass is 10.1. The summed E-state index contributed by atoms with van der Waals surface area (Å²) in [6.07, 6.45) is 0. The second-order valence-electron chi connectivity index (χ2n) is 6.42. The van der Waals surface area contributed by atoms with E-state index in [-0.39, 0.29) is 12.5 Å². The van der Waals surface area contributed by atoms with Crippen LogP contribution in [0, 0.1) is 11.7 Å². The largest absolute Gasteiger partial charge is 0.373 e. The van der Waals surface area contributed by atoms with Crippen LogP contribution in [0.4, 0.5) is 5.69 Å². The second kappa shape index (κ2) is 8.64. The minimum atomic E-state index is -0.0946. The van der Waals surface area contributed by atoms with Gasteiger partial charge in [0.1, 0.15) is 6.54 Å². The van der Waals surface area contributed by atoms with Gasteiger partial charge in [-0.05, 0) is 37.3 Å². The van der Waals surface area contributed by atoms with Crippen molar-refractivity contribution in [3.05, 3.63) is 64.9 Å². The molecule has 0 aliphatic rings. The summed E-state index contributed by atoms with van der Waals surface area (Å²) >= 11 is 5.30. The van der Waals surface area contributed by atoms with Gasteiger partial charge >= 0.3 is 0 Å². The number of anilines is 1. The average molecular weight is 382 g/mol. The van der Waals surface area contributed by atoms with Crippen LogP contribution in [-0.4, -0.2) is 40.8 Å². The molecule has 7 heteroatoms. The molecule has 0 fully saturated rings. The van der Waals surface area contributed by atoms with E-state index in [0.717, 1.165) is 23.4 Å². The maximum atomic E-state index is 12.4. The minimum Gasteiger partial charge on any atom is -0.373 e. The van der Waals surface area contributed by atoms with Crippen LogP contribution in [0.3, 0.4) is 0 Å². The van der Waals surface area contributed by atoms with Crippen LogP contribution in [0.25, 0.3) is 11.4 Å². The number of H-pyrrole nitrogens is 1. The molecule has 6 nitrogen and oxygen atoms in total. The van der Waals surface area contributed by atoms with Crippen molar-refractivity contribution in [1.29, 1.82) is 0 Å². The van der Waals surface area contributed by atoms with E-state index in [1.165, 1.54) is 0 Å². The quantitative estimate of drug-likeness (QED) is 0.617. The molecule has 0 aliphatic carbocycles. The molecule has 2 aromatic carbocycles. The SMILES string of the molecule is Cc1cccc(-c2n[nH]c(=S)n2CC(=O)NCCN(C)c2ccccc2)c1. The van der Waals surface area contributed by atoms with Crippen molar-refractivity contribution in [2.24, 2.45) is 0 Å². The summed E-state index contributed by atoms with van der Waals surface area (Å²) in [6, 6.07) is 18.0. The molecule has 0 atom stereocenters. The van der Waals surface area contributed by atoms with Gasteiger partial charge in [-0.15, -0.1) is 0 Å². The number of rotatable bonds is 7. The predicted octanol–water partition coefficient (Wildman–Crippen LogP) is 3.17. The third-order valence-corrected chi connectivity index (χ3v) is 4.61. The number of likely N-dealkylation sites (N-methyl/N-ethyl adjacent to an activating group) is 1. The van der Waals surface area contributed by atoms with Crippen LogP contribution in [0.2, 0.25) is 0 Å². The van der Waals surface area contributed by atoms with Crippen LogP contribution in [0.1, 0.15) is 5.56 Å². The number of aryl methyl sites for hydroxylation is 1. The third-order valence-electron chi connectivity index (χ3n) is 4.30. The number of aromatic nitrogens is 3. The Labute approximate surface area is 163 Å². The molecule has 2 N–H and O–H groups in total. The molecule has 0 bridgehead atoms. The molecule has 0 aliphatic heterocycles. The van der Waals surface area contributed by atoms with Gasteiger partial charge < -0.3 is 10.2 Å². The standard InChI is InChI=1S/C20H23N5OS/c1-15-7-6-8-16(13-15)19-22-23-20(27)25(19)14-18(26)21-11-12-24(2)17-9-4-3-5-10-17/h3-10,13H,11-12,14H2,1-2H3,(H,21,26)(H,23,27). The Morgan fingerprint density at radius 2 is 2.00 bits per heavy atom. The van der Waals surface area contributed by atoms with Crippen molar-refractivity contribution in [3.63, 3.8) is 0 Å². The van der Waals surface area contributed by atoms with Crippen LogP contribution in [0.5, 0.6) is 0 Å². The molecule has 0 unspecified atom stereocenters. The van der Waals surface area contributed by atoms with E-state index < -0.39 is 0 Å². The van der Waals surface area contributed by atoms with Crippen LogP contribution in [0.15, 0.2) is 54.6 Å². The molecule has 0 radical (unpaired) electrons. The molecule has 27 heavy (non-hydrogen) atoms. The highest BCUT2D eigenvalue weighted by molar-refractivity contribution is 7.71. The Morgan fingerprint density at radius 3 is 2.74 bits per heavy atom. The van der Waals surface area contributed by atoms with Gasteiger partial charge in [0.2, 0.25) is 5.91 Å². The number of carbonyl (C=O) groups is 1. The zero-order valence-corrected chi connectivity index (χ0v) is 16.3. The fourth-order valence-electron chi connectivity index (χ4n) is 2.84. The van der Waals surface area contributed by atoms with Crippen LogP contribution in [-0.2, 0) is 11.3 Å². The Balaban J connectivity index is 1.60. The lowest BCUT2D eigenvalue weighted by Gasteiger charge is -2.19. The number of aromatic amines is 1. The topological polar surface area (TPSA) is 66.0 Å². The molecule has 140 valence electrons. The lowest BCUT2D eigenvalue weighted by molar-refractivity contribution is -0.121. The number of nitrogens with zero attached hydrogens (tertiary/aromatic N) is 3. The van der Waals surface area contributed by atoms with Crippen LogP contribution >= 0.6 is 12.2 Å². The first-order valence-electron chi connectivity index (χ1n) is 8.80. The van der Waals surface area contributed by atoms with Crippen molar-refractivity contribution in [3.8, 4) is 11.4 Å². The van der Waals surface area contributed by atoms with Crippen molar-refractivity contribution in [1.82, 2.24) is 20.1 Å². The van der Waals surface area contributed by atoms with E-state index in [2.05, 4.69) is 20.4 Å². The molecule has 1 heterocycles. The van der Waals surface area contributed by atoms with Gasteiger partial charge in [0.25, 0.3) is 0 Å². The van der Waals surface area contributed by atoms with Gasteiger partial charge in [-0.2, -0.15) is 5.10 Å². The summed E-state index contributed by atoms with van der Waals surface area (Å²) in [5.74, 6) is 0.572. The Morgan fingerprint density at radius 1 is 1.22 bits per heavy atom. The number of benzene rings is 2. The van der Waals surface area contributed by atoms with Gasteiger partial charge in [0.15, 0.2) is 10.6 Å². The highest BCUT2D eigenvalue weighted by Gasteiger charge is 2.12. The number of amides is 1. The first kappa shape index (κ1) is 18.8. The highest BCUT2D eigenvalue weighted by atomic mass is 32.1. The lowest BCUT2D eigenvalue weighted by Crippen LogP contribution is -2.35. The molecule has 3 aromatic rings. The number of nitrogens with one attached hydrogen (secondary N) is 2. The fourth-order valence-corrected chi connectivity index (χ4v) is 3.04. The summed E-state index contributed by atoms with van der Waals surface area (Å²) in [6.45, 7) is 3.42. The van der Waals surface area contributed by atoms with E-state index >= 15 is 0 Å². The zero-order chi connectivity index (χ0) is 19.2.